The first-order valence-electron chi connectivity index (χ1n) is 5.05. The molecule has 0 radical (unpaired) electrons. The maximum absolute atomic E-state index is 12.7. The van der Waals surface area contributed by atoms with E-state index in [9.17, 15) is 9.18 Å². The fraction of sp³-hybridized carbons (Fsp3) is 0. The molecule has 19 heavy (non-hydrogen) atoms. The predicted molar refractivity (Wildman–Crippen MR) is 76.3 cm³/mol. The van der Waals surface area contributed by atoms with E-state index in [1.807, 2.05) is 0 Å². The minimum Gasteiger partial charge on any atom is -0.321 e. The van der Waals surface area contributed by atoms with Crippen LogP contribution in [0.2, 0.25) is 10.0 Å². The SMILES string of the molecule is O=C(Nc1ccc(Br)c(Cl)c1Cl)c1ccc(F)nc1. The molecule has 98 valence electrons. The van der Waals surface area contributed by atoms with Crippen LogP contribution >= 0.6 is 39.1 Å². The number of nitrogens with one attached hydrogen (secondary N) is 1. The van der Waals surface area contributed by atoms with Crippen LogP contribution in [0.1, 0.15) is 10.4 Å². The number of aromatic nitrogens is 1. The molecule has 3 nitrogen and oxygen atoms in total. The van der Waals surface area contributed by atoms with Crippen LogP contribution < -0.4 is 5.32 Å². The second kappa shape index (κ2) is 5.86. The highest BCUT2D eigenvalue weighted by atomic mass is 79.9. The zero-order valence-electron chi connectivity index (χ0n) is 9.25. The van der Waals surface area contributed by atoms with Gasteiger partial charge in [-0.3, -0.25) is 4.79 Å². The number of pyridine rings is 1. The van der Waals surface area contributed by atoms with E-state index in [0.717, 1.165) is 12.3 Å². The Labute approximate surface area is 126 Å². The lowest BCUT2D eigenvalue weighted by Crippen LogP contribution is -2.12. The summed E-state index contributed by atoms with van der Waals surface area (Å²) >= 11 is 15.2. The Morgan fingerprint density at radius 1 is 1.21 bits per heavy atom. The van der Waals surface area contributed by atoms with E-state index in [-0.39, 0.29) is 10.6 Å². The van der Waals surface area contributed by atoms with Gasteiger partial charge in [-0.05, 0) is 40.2 Å². The number of anilines is 1. The van der Waals surface area contributed by atoms with Crippen LogP contribution in [0, 0.1) is 5.95 Å². The number of benzene rings is 1. The molecule has 1 aromatic heterocycles. The molecule has 0 saturated carbocycles. The van der Waals surface area contributed by atoms with Crippen molar-refractivity contribution in [2.75, 3.05) is 5.32 Å². The normalized spacial score (nSPS) is 10.3. The number of carbonyl (C=O) groups is 1. The van der Waals surface area contributed by atoms with Crippen molar-refractivity contribution in [3.8, 4) is 0 Å². The summed E-state index contributed by atoms with van der Waals surface area (Å²) in [5, 5.41) is 3.10. The molecule has 0 aliphatic heterocycles. The van der Waals surface area contributed by atoms with Gasteiger partial charge in [0.15, 0.2) is 0 Å². The van der Waals surface area contributed by atoms with Gasteiger partial charge in [0.25, 0.3) is 5.91 Å². The van der Waals surface area contributed by atoms with Gasteiger partial charge in [-0.15, -0.1) is 0 Å². The monoisotopic (exact) mass is 362 g/mol. The highest BCUT2D eigenvalue weighted by Gasteiger charge is 2.12. The van der Waals surface area contributed by atoms with Crippen molar-refractivity contribution in [3.63, 3.8) is 0 Å². The molecular weight excluding hydrogens is 358 g/mol. The second-order valence-corrected chi connectivity index (χ2v) is 5.16. The van der Waals surface area contributed by atoms with Crippen molar-refractivity contribution in [1.29, 1.82) is 0 Å². The molecule has 0 atom stereocenters. The molecule has 0 bridgehead atoms. The molecule has 1 heterocycles. The fourth-order valence-electron chi connectivity index (χ4n) is 1.33. The van der Waals surface area contributed by atoms with Gasteiger partial charge in [-0.1, -0.05) is 23.2 Å². The van der Waals surface area contributed by atoms with Crippen LogP contribution in [0.3, 0.4) is 0 Å². The third-order valence-electron chi connectivity index (χ3n) is 2.27. The van der Waals surface area contributed by atoms with Crippen molar-refractivity contribution in [3.05, 3.63) is 56.5 Å². The number of halogens is 4. The van der Waals surface area contributed by atoms with Crippen LogP contribution in [-0.2, 0) is 0 Å². The van der Waals surface area contributed by atoms with Gasteiger partial charge < -0.3 is 5.32 Å². The number of hydrogen-bond acceptors (Lipinski definition) is 2. The fourth-order valence-corrected chi connectivity index (χ4v) is 2.15. The van der Waals surface area contributed by atoms with Gasteiger partial charge in [0.2, 0.25) is 5.95 Å². The summed E-state index contributed by atoms with van der Waals surface area (Å²) < 4.78 is 13.3. The van der Waals surface area contributed by atoms with E-state index in [4.69, 9.17) is 23.2 Å². The molecule has 2 rings (SSSR count). The number of hydrogen-bond donors (Lipinski definition) is 1. The Morgan fingerprint density at radius 3 is 2.58 bits per heavy atom. The van der Waals surface area contributed by atoms with E-state index in [2.05, 4.69) is 26.2 Å². The largest absolute Gasteiger partial charge is 0.321 e. The Kier molecular flexibility index (Phi) is 4.39. The zero-order valence-corrected chi connectivity index (χ0v) is 12.4. The first kappa shape index (κ1) is 14.2. The summed E-state index contributed by atoms with van der Waals surface area (Å²) in [4.78, 5) is 15.3. The minimum atomic E-state index is -0.652. The third-order valence-corrected chi connectivity index (χ3v) is 4.04. The van der Waals surface area contributed by atoms with Crippen molar-refractivity contribution in [1.82, 2.24) is 4.98 Å². The van der Waals surface area contributed by atoms with E-state index >= 15 is 0 Å². The average Bonchev–Trinajstić information content (AvgIpc) is 2.40. The van der Waals surface area contributed by atoms with E-state index in [0.29, 0.717) is 15.2 Å². The van der Waals surface area contributed by atoms with Crippen molar-refractivity contribution in [2.45, 2.75) is 0 Å². The lowest BCUT2D eigenvalue weighted by atomic mass is 10.2. The van der Waals surface area contributed by atoms with Gasteiger partial charge in [0.05, 0.1) is 21.3 Å². The van der Waals surface area contributed by atoms with Crippen LogP contribution in [-0.4, -0.2) is 10.9 Å². The summed E-state index contributed by atoms with van der Waals surface area (Å²) in [5.41, 5.74) is 0.584. The van der Waals surface area contributed by atoms with E-state index < -0.39 is 11.9 Å². The van der Waals surface area contributed by atoms with Crippen LogP contribution in [0.4, 0.5) is 10.1 Å². The maximum Gasteiger partial charge on any atom is 0.257 e. The highest BCUT2D eigenvalue weighted by Crippen LogP contribution is 2.35. The summed E-state index contributed by atoms with van der Waals surface area (Å²) in [6, 6.07) is 5.69. The van der Waals surface area contributed by atoms with Gasteiger partial charge in [0, 0.05) is 10.7 Å². The highest BCUT2D eigenvalue weighted by molar-refractivity contribution is 9.10. The lowest BCUT2D eigenvalue weighted by molar-refractivity contribution is 0.102. The molecule has 1 amide bonds. The standard InChI is InChI=1S/C12H6BrCl2FN2O/c13-7-2-3-8(11(15)10(7)14)18-12(19)6-1-4-9(16)17-5-6/h1-5H,(H,18,19). The molecule has 0 aliphatic rings. The Morgan fingerprint density at radius 2 is 1.95 bits per heavy atom. The smallest absolute Gasteiger partial charge is 0.257 e. The Balaban J connectivity index is 2.24. The molecule has 0 fully saturated rings. The minimum absolute atomic E-state index is 0.219. The van der Waals surface area contributed by atoms with Crippen LogP contribution in [0.15, 0.2) is 34.9 Å². The molecule has 1 aromatic carbocycles. The Hall–Kier alpha value is -1.17. The molecule has 0 saturated heterocycles. The van der Waals surface area contributed by atoms with Crippen molar-refractivity contribution < 1.29 is 9.18 Å². The average molecular weight is 364 g/mol. The van der Waals surface area contributed by atoms with E-state index in [1.54, 1.807) is 12.1 Å². The predicted octanol–water partition coefficient (Wildman–Crippen LogP) is 4.54. The molecular formula is C12H6BrCl2FN2O. The van der Waals surface area contributed by atoms with Crippen molar-refractivity contribution >= 4 is 50.7 Å². The van der Waals surface area contributed by atoms with Crippen molar-refractivity contribution in [2.24, 2.45) is 0 Å². The molecule has 0 spiro atoms. The first-order chi connectivity index (χ1) is 8.99. The summed E-state index contributed by atoms with van der Waals surface area (Å²) in [6.07, 6.45) is 1.14. The molecule has 7 heteroatoms. The number of amides is 1. The second-order valence-electron chi connectivity index (χ2n) is 3.55. The first-order valence-corrected chi connectivity index (χ1v) is 6.60. The van der Waals surface area contributed by atoms with Crippen LogP contribution in [0.5, 0.6) is 0 Å². The van der Waals surface area contributed by atoms with Gasteiger partial charge in [-0.2, -0.15) is 4.39 Å². The zero-order chi connectivity index (χ0) is 14.0. The number of nitrogens with zero attached hydrogens (tertiary/aromatic N) is 1. The summed E-state index contributed by atoms with van der Waals surface area (Å²) in [5.74, 6) is -1.10. The molecule has 0 unspecified atom stereocenters. The third kappa shape index (κ3) is 3.23. The quantitative estimate of drug-likeness (QED) is 0.628. The Bertz CT molecular complexity index is 634. The van der Waals surface area contributed by atoms with Crippen LogP contribution in [0.25, 0.3) is 0 Å². The lowest BCUT2D eigenvalue weighted by Gasteiger charge is -2.09. The van der Waals surface area contributed by atoms with E-state index in [1.165, 1.54) is 6.07 Å². The van der Waals surface area contributed by atoms with Gasteiger partial charge in [-0.25, -0.2) is 4.98 Å². The van der Waals surface area contributed by atoms with Gasteiger partial charge >= 0.3 is 0 Å². The summed E-state index contributed by atoms with van der Waals surface area (Å²) in [7, 11) is 0. The number of carbonyl (C=O) groups excluding carboxylic acids is 1. The molecule has 1 N–H and O–H groups in total. The molecule has 0 aliphatic carbocycles. The maximum atomic E-state index is 12.7. The summed E-state index contributed by atoms with van der Waals surface area (Å²) in [6.45, 7) is 0. The molecule has 2 aromatic rings. The topological polar surface area (TPSA) is 42.0 Å². The van der Waals surface area contributed by atoms with Gasteiger partial charge in [0.1, 0.15) is 0 Å². The number of rotatable bonds is 2.